The predicted octanol–water partition coefficient (Wildman–Crippen LogP) is 2.54. The van der Waals surface area contributed by atoms with Crippen LogP contribution < -0.4 is 20.1 Å². The van der Waals surface area contributed by atoms with Crippen molar-refractivity contribution in [2.24, 2.45) is 0 Å². The molecular weight excluding hydrogens is 388 g/mol. The Bertz CT molecular complexity index is 914. The van der Waals surface area contributed by atoms with E-state index in [1.807, 2.05) is 19.1 Å². The number of benzene rings is 2. The van der Waals surface area contributed by atoms with Gasteiger partial charge in [0.2, 0.25) is 0 Å². The summed E-state index contributed by atoms with van der Waals surface area (Å²) >= 11 is 0. The Kier molecular flexibility index (Phi) is 7.26. The Morgan fingerprint density at radius 1 is 1.03 bits per heavy atom. The molecule has 1 aliphatic heterocycles. The lowest BCUT2D eigenvalue weighted by Crippen LogP contribution is -2.44. The van der Waals surface area contributed by atoms with Gasteiger partial charge in [0.15, 0.2) is 11.5 Å². The van der Waals surface area contributed by atoms with Crippen LogP contribution in [0.5, 0.6) is 11.5 Å². The maximum absolute atomic E-state index is 12.3. The van der Waals surface area contributed by atoms with Crippen molar-refractivity contribution >= 4 is 23.5 Å². The number of unbranched alkanes of at least 4 members (excludes halogenated alkanes) is 1. The SMILES string of the molecule is CCCCOC(=O)c1ccccc1NC(=O)C(=O)NCC1COc2ccccc2O1. The largest absolute Gasteiger partial charge is 0.486 e. The molecule has 0 bridgehead atoms. The summed E-state index contributed by atoms with van der Waals surface area (Å²) in [6.07, 6.45) is 1.23. The van der Waals surface area contributed by atoms with Crippen molar-refractivity contribution in [1.29, 1.82) is 0 Å². The van der Waals surface area contributed by atoms with E-state index in [0.717, 1.165) is 12.8 Å². The zero-order valence-electron chi connectivity index (χ0n) is 16.7. The van der Waals surface area contributed by atoms with Crippen LogP contribution in [0.1, 0.15) is 30.1 Å². The number of rotatable bonds is 7. The molecule has 158 valence electrons. The fourth-order valence-electron chi connectivity index (χ4n) is 2.79. The zero-order valence-corrected chi connectivity index (χ0v) is 16.7. The number of ether oxygens (including phenoxy) is 3. The van der Waals surface area contributed by atoms with Crippen molar-refractivity contribution in [2.75, 3.05) is 25.1 Å². The highest BCUT2D eigenvalue weighted by molar-refractivity contribution is 6.40. The summed E-state index contributed by atoms with van der Waals surface area (Å²) in [5.74, 6) is -1.05. The predicted molar refractivity (Wildman–Crippen MR) is 110 cm³/mol. The van der Waals surface area contributed by atoms with Gasteiger partial charge in [-0.25, -0.2) is 4.79 Å². The van der Waals surface area contributed by atoms with Crippen LogP contribution in [0.2, 0.25) is 0 Å². The van der Waals surface area contributed by atoms with Crippen molar-refractivity contribution in [1.82, 2.24) is 5.32 Å². The summed E-state index contributed by atoms with van der Waals surface area (Å²) < 4.78 is 16.5. The first-order valence-electron chi connectivity index (χ1n) is 9.82. The van der Waals surface area contributed by atoms with E-state index < -0.39 is 23.9 Å². The molecule has 1 atom stereocenters. The molecule has 8 nitrogen and oxygen atoms in total. The minimum absolute atomic E-state index is 0.0985. The van der Waals surface area contributed by atoms with E-state index in [4.69, 9.17) is 14.2 Å². The molecule has 1 unspecified atom stereocenters. The molecule has 0 fully saturated rings. The Morgan fingerprint density at radius 2 is 1.77 bits per heavy atom. The van der Waals surface area contributed by atoms with Crippen LogP contribution in [0.25, 0.3) is 0 Å². The molecule has 0 saturated carbocycles. The first-order chi connectivity index (χ1) is 14.6. The second-order valence-electron chi connectivity index (χ2n) is 6.70. The Balaban J connectivity index is 1.52. The average Bonchev–Trinajstić information content (AvgIpc) is 2.77. The second-order valence-corrected chi connectivity index (χ2v) is 6.70. The molecule has 1 heterocycles. The highest BCUT2D eigenvalue weighted by Crippen LogP contribution is 2.30. The Morgan fingerprint density at radius 3 is 2.57 bits per heavy atom. The molecule has 30 heavy (non-hydrogen) atoms. The van der Waals surface area contributed by atoms with E-state index in [-0.39, 0.29) is 24.4 Å². The monoisotopic (exact) mass is 412 g/mol. The quantitative estimate of drug-likeness (QED) is 0.412. The highest BCUT2D eigenvalue weighted by Gasteiger charge is 2.23. The van der Waals surface area contributed by atoms with Crippen LogP contribution in [0, 0.1) is 0 Å². The van der Waals surface area contributed by atoms with Crippen LogP contribution >= 0.6 is 0 Å². The number of carbonyl (C=O) groups is 3. The number of para-hydroxylation sites is 3. The third-order valence-electron chi connectivity index (χ3n) is 4.39. The fraction of sp³-hybridized carbons (Fsp3) is 0.318. The number of hydrogen-bond acceptors (Lipinski definition) is 6. The second kappa shape index (κ2) is 10.3. The van der Waals surface area contributed by atoms with Gasteiger partial charge in [0.1, 0.15) is 12.7 Å². The lowest BCUT2D eigenvalue weighted by molar-refractivity contribution is -0.136. The van der Waals surface area contributed by atoms with Gasteiger partial charge in [0.25, 0.3) is 0 Å². The van der Waals surface area contributed by atoms with Crippen LogP contribution in [0.15, 0.2) is 48.5 Å². The van der Waals surface area contributed by atoms with Gasteiger partial charge in [-0.2, -0.15) is 0 Å². The summed E-state index contributed by atoms with van der Waals surface area (Å²) in [6.45, 7) is 2.64. The zero-order chi connectivity index (χ0) is 21.3. The van der Waals surface area contributed by atoms with E-state index in [2.05, 4.69) is 10.6 Å². The smallest absolute Gasteiger partial charge is 0.340 e. The van der Waals surface area contributed by atoms with Crippen molar-refractivity contribution in [3.05, 3.63) is 54.1 Å². The average molecular weight is 412 g/mol. The van der Waals surface area contributed by atoms with Crippen molar-refractivity contribution in [3.8, 4) is 11.5 Å². The molecule has 2 amide bonds. The molecule has 2 N–H and O–H groups in total. The minimum Gasteiger partial charge on any atom is -0.486 e. The molecule has 0 radical (unpaired) electrons. The van der Waals surface area contributed by atoms with Gasteiger partial charge < -0.3 is 24.8 Å². The molecule has 0 spiro atoms. The number of anilines is 1. The number of fused-ring (bicyclic) bond motifs is 1. The standard InChI is InChI=1S/C22H24N2O6/c1-2-3-12-28-22(27)16-8-4-5-9-17(16)24-21(26)20(25)23-13-15-14-29-18-10-6-7-11-19(18)30-15/h4-11,15H,2-3,12-14H2,1H3,(H,23,25)(H,24,26). The normalized spacial score (nSPS) is 14.5. The van der Waals surface area contributed by atoms with Gasteiger partial charge in [0.05, 0.1) is 24.4 Å². The molecule has 0 saturated heterocycles. The van der Waals surface area contributed by atoms with Crippen molar-refractivity contribution in [3.63, 3.8) is 0 Å². The summed E-state index contributed by atoms with van der Waals surface area (Å²) in [7, 11) is 0. The van der Waals surface area contributed by atoms with Gasteiger partial charge in [-0.15, -0.1) is 0 Å². The highest BCUT2D eigenvalue weighted by atomic mass is 16.6. The summed E-state index contributed by atoms with van der Waals surface area (Å²) in [5.41, 5.74) is 0.403. The molecule has 2 aromatic carbocycles. The van der Waals surface area contributed by atoms with E-state index in [0.29, 0.717) is 18.1 Å². The molecule has 8 heteroatoms. The Labute approximate surface area is 174 Å². The first kappa shape index (κ1) is 21.2. The van der Waals surface area contributed by atoms with Crippen LogP contribution in [0.4, 0.5) is 5.69 Å². The van der Waals surface area contributed by atoms with Crippen LogP contribution in [-0.4, -0.2) is 43.6 Å². The third-order valence-corrected chi connectivity index (χ3v) is 4.39. The van der Waals surface area contributed by atoms with E-state index >= 15 is 0 Å². The lowest BCUT2D eigenvalue weighted by atomic mass is 10.1. The number of esters is 1. The Hall–Kier alpha value is -3.55. The van der Waals surface area contributed by atoms with Crippen LogP contribution in [-0.2, 0) is 14.3 Å². The van der Waals surface area contributed by atoms with E-state index in [1.54, 1.807) is 24.3 Å². The van der Waals surface area contributed by atoms with Crippen molar-refractivity contribution in [2.45, 2.75) is 25.9 Å². The number of nitrogens with one attached hydrogen (secondary N) is 2. The molecule has 3 rings (SSSR count). The maximum atomic E-state index is 12.3. The van der Waals surface area contributed by atoms with Crippen molar-refractivity contribution < 1.29 is 28.6 Å². The fourth-order valence-corrected chi connectivity index (χ4v) is 2.79. The number of amides is 2. The van der Waals surface area contributed by atoms with Crippen LogP contribution in [0.3, 0.4) is 0 Å². The first-order valence-corrected chi connectivity index (χ1v) is 9.82. The summed E-state index contributed by atoms with van der Waals surface area (Å²) in [4.78, 5) is 36.7. The topological polar surface area (TPSA) is 103 Å². The molecule has 0 aromatic heterocycles. The molecule has 1 aliphatic rings. The molecular formula is C22H24N2O6. The molecule has 2 aromatic rings. The summed E-state index contributed by atoms with van der Waals surface area (Å²) in [6, 6.07) is 13.6. The van der Waals surface area contributed by atoms with E-state index in [9.17, 15) is 14.4 Å². The van der Waals surface area contributed by atoms with Gasteiger partial charge in [0, 0.05) is 0 Å². The van der Waals surface area contributed by atoms with Gasteiger partial charge in [-0.1, -0.05) is 37.6 Å². The number of hydrogen-bond donors (Lipinski definition) is 2. The third kappa shape index (κ3) is 5.50. The van der Waals surface area contributed by atoms with Gasteiger partial charge >= 0.3 is 17.8 Å². The van der Waals surface area contributed by atoms with Gasteiger partial charge in [-0.3, -0.25) is 9.59 Å². The lowest BCUT2D eigenvalue weighted by Gasteiger charge is -2.26. The number of carbonyl (C=O) groups excluding carboxylic acids is 3. The maximum Gasteiger partial charge on any atom is 0.340 e. The summed E-state index contributed by atoms with van der Waals surface area (Å²) in [5, 5.41) is 4.98. The molecule has 0 aliphatic carbocycles. The van der Waals surface area contributed by atoms with Gasteiger partial charge in [-0.05, 0) is 30.7 Å². The minimum atomic E-state index is -0.888. The van der Waals surface area contributed by atoms with E-state index in [1.165, 1.54) is 12.1 Å².